The number of nitrogen functional groups attached to an aromatic ring is 2. The van der Waals surface area contributed by atoms with E-state index in [9.17, 15) is 19.2 Å². The Morgan fingerprint density at radius 2 is 0.941 bits per heavy atom. The van der Waals surface area contributed by atoms with Crippen LogP contribution in [0.1, 0.15) is 106 Å². The number of carbonyl (C=O) groups excluding carboxylic acids is 4. The van der Waals surface area contributed by atoms with Gasteiger partial charge < -0.3 is 49.7 Å². The van der Waals surface area contributed by atoms with Crippen molar-refractivity contribution in [2.24, 2.45) is 0 Å². The lowest BCUT2D eigenvalue weighted by Crippen LogP contribution is -2.41. The third kappa shape index (κ3) is 10.7. The molecule has 3 aliphatic rings. The summed E-state index contributed by atoms with van der Waals surface area (Å²) in [4.78, 5) is 60.2. The van der Waals surface area contributed by atoms with E-state index in [1.54, 1.807) is 36.4 Å². The van der Waals surface area contributed by atoms with Gasteiger partial charge in [-0.2, -0.15) is 0 Å². The van der Waals surface area contributed by atoms with Crippen molar-refractivity contribution in [3.8, 4) is 34.5 Å². The number of thioether (sulfide) groups is 4. The van der Waals surface area contributed by atoms with E-state index >= 15 is 0 Å². The number of nitrogens with two attached hydrogens (primary N) is 2. The van der Waals surface area contributed by atoms with Crippen molar-refractivity contribution in [2.75, 3.05) is 75.4 Å². The quantitative estimate of drug-likeness (QED) is 0.0494. The Morgan fingerprint density at radius 1 is 0.574 bits per heavy atom. The Labute approximate surface area is 415 Å². The van der Waals surface area contributed by atoms with E-state index in [1.807, 2.05) is 56.8 Å². The topological polar surface area (TPSA) is 182 Å². The lowest BCUT2D eigenvalue weighted by molar-refractivity contribution is 0.0738. The highest BCUT2D eigenvalue weighted by Crippen LogP contribution is 2.42. The number of anilines is 2. The van der Waals surface area contributed by atoms with E-state index in [-0.39, 0.29) is 101 Å². The fourth-order valence-electron chi connectivity index (χ4n) is 8.95. The number of hydrogen-bond acceptors (Lipinski definition) is 16. The normalized spacial score (nSPS) is 16.5. The molecule has 4 N–H and O–H groups in total. The van der Waals surface area contributed by atoms with Gasteiger partial charge >= 0.3 is 0 Å². The molecule has 7 rings (SSSR count). The maximum Gasteiger partial charge on any atom is 0.256 e. The molecular formula is C50H60N4O10S4. The monoisotopic (exact) mass is 1000 g/mol. The first-order chi connectivity index (χ1) is 33.0. The van der Waals surface area contributed by atoms with Crippen molar-refractivity contribution < 1.29 is 47.6 Å². The molecule has 0 saturated carbocycles. The van der Waals surface area contributed by atoms with E-state index in [1.165, 1.54) is 38.5 Å². The number of amides is 2. The van der Waals surface area contributed by atoms with Crippen LogP contribution in [0, 0.1) is 0 Å². The zero-order valence-corrected chi connectivity index (χ0v) is 42.6. The molecule has 0 radical (unpaired) electrons. The van der Waals surface area contributed by atoms with Crippen molar-refractivity contribution in [2.45, 2.75) is 74.6 Å². The van der Waals surface area contributed by atoms with Gasteiger partial charge in [0.1, 0.15) is 11.5 Å². The van der Waals surface area contributed by atoms with E-state index < -0.39 is 25.2 Å². The molecule has 18 heteroatoms. The number of rotatable bonds is 22. The van der Waals surface area contributed by atoms with E-state index in [2.05, 4.69) is 27.7 Å². The summed E-state index contributed by atoms with van der Waals surface area (Å²) in [5, 5.41) is 0. The van der Waals surface area contributed by atoms with Crippen LogP contribution in [0.5, 0.6) is 34.5 Å². The van der Waals surface area contributed by atoms with E-state index in [4.69, 9.17) is 39.9 Å². The van der Waals surface area contributed by atoms with Crippen LogP contribution in [0.2, 0.25) is 0 Å². The lowest BCUT2D eigenvalue weighted by Gasteiger charge is -2.31. The predicted molar refractivity (Wildman–Crippen MR) is 275 cm³/mol. The molecule has 0 aromatic heterocycles. The average Bonchev–Trinajstić information content (AvgIpc) is 4.04. The predicted octanol–water partition coefficient (Wildman–Crippen LogP) is 9.35. The van der Waals surface area contributed by atoms with E-state index in [0.717, 1.165) is 48.7 Å². The lowest BCUT2D eigenvalue weighted by atomic mass is 9.83. The van der Waals surface area contributed by atoms with Gasteiger partial charge in [0.05, 0.1) is 57.7 Å². The Morgan fingerprint density at radius 3 is 1.29 bits per heavy atom. The summed E-state index contributed by atoms with van der Waals surface area (Å²) in [6.07, 6.45) is 3.69. The van der Waals surface area contributed by atoms with Gasteiger partial charge in [0.25, 0.3) is 11.8 Å². The van der Waals surface area contributed by atoms with Crippen LogP contribution in [0.3, 0.4) is 0 Å². The van der Waals surface area contributed by atoms with Crippen LogP contribution in [0.15, 0.2) is 60.7 Å². The van der Waals surface area contributed by atoms with Gasteiger partial charge in [-0.05, 0) is 73.0 Å². The minimum atomic E-state index is -0.443. The van der Waals surface area contributed by atoms with Crippen molar-refractivity contribution in [1.82, 2.24) is 9.80 Å². The van der Waals surface area contributed by atoms with Crippen LogP contribution >= 0.6 is 47.0 Å². The number of nitrogens with zero attached hydrogens (tertiary/aromatic N) is 2. The van der Waals surface area contributed by atoms with Gasteiger partial charge in [-0.3, -0.25) is 19.2 Å². The maximum absolute atomic E-state index is 14.2. The molecule has 0 spiro atoms. The number of likely N-dealkylation sites (tertiary alicyclic amines) is 2. The van der Waals surface area contributed by atoms with Crippen molar-refractivity contribution in [3.63, 3.8) is 0 Å². The van der Waals surface area contributed by atoms with Gasteiger partial charge in [0.2, 0.25) is 13.6 Å². The molecule has 4 aromatic carbocycles. The SMILES string of the molecule is CCSC(SCC)[C@@H]1CCCN1C(=O)c1cc(OC)c(OCOc2ccc(OCOc3cc(N)c(C(=O)N4CCC[C@H]4C(SCC)SCC)cc3OC)c3c2C(=O)c2ccccc2C3=O)cc1N. The standard InChI is InChI=1S/C50H60N4O10S4/c1-7-65-49(66-8-2)35-17-13-21-53(35)47(57)31-23-39(59-5)41(25-33(31)51)63-27-61-37-19-20-38(44-43(37)45(55)29-15-11-12-16-30(29)46(44)56)62-28-64-42-26-34(52)32(24-40(42)60-6)48(58)54-22-14-18-36(54)50(67-9-3)68-10-4/h11-12,15-16,19-20,23-26,35-36,49-50H,7-10,13-14,17-18,21-22,27-28,51-52H2,1-6H3/t35-,36-/m0/s1. The largest absolute Gasteiger partial charge is 0.493 e. The van der Waals surface area contributed by atoms with Gasteiger partial charge in [-0.25, -0.2) is 0 Å². The molecule has 0 unspecified atom stereocenters. The second kappa shape index (κ2) is 23.5. The number of hydrogen-bond donors (Lipinski definition) is 2. The molecule has 2 atom stereocenters. The summed E-state index contributed by atoms with van der Waals surface area (Å²) in [7, 11) is 2.94. The second-order valence-electron chi connectivity index (χ2n) is 16.0. The first kappa shape index (κ1) is 50.8. The van der Waals surface area contributed by atoms with Crippen molar-refractivity contribution in [3.05, 3.63) is 94.0 Å². The van der Waals surface area contributed by atoms with Crippen LogP contribution in [0.4, 0.5) is 11.4 Å². The summed E-state index contributed by atoms with van der Waals surface area (Å²) in [5.41, 5.74) is 14.5. The molecule has 14 nitrogen and oxygen atoms in total. The molecule has 68 heavy (non-hydrogen) atoms. The number of fused-ring (bicyclic) bond motifs is 2. The Hall–Kier alpha value is -5.04. The summed E-state index contributed by atoms with van der Waals surface area (Å²) < 4.78 is 36.1. The molecule has 2 amide bonds. The third-order valence-corrected chi connectivity index (χ3v) is 17.6. The minimum absolute atomic E-state index is 0.00927. The first-order valence-corrected chi connectivity index (χ1v) is 27.1. The second-order valence-corrected chi connectivity index (χ2v) is 22.3. The molecule has 2 heterocycles. The Balaban J connectivity index is 1.08. The highest BCUT2D eigenvalue weighted by Gasteiger charge is 2.39. The van der Waals surface area contributed by atoms with Gasteiger partial charge in [-0.1, -0.05) is 52.0 Å². The highest BCUT2D eigenvalue weighted by molar-refractivity contribution is 8.17. The van der Waals surface area contributed by atoms with Crippen LogP contribution in [-0.2, 0) is 0 Å². The number of ether oxygens (including phenoxy) is 6. The van der Waals surface area contributed by atoms with E-state index in [0.29, 0.717) is 24.2 Å². The van der Waals surface area contributed by atoms with Crippen LogP contribution < -0.4 is 39.9 Å². The summed E-state index contributed by atoms with van der Waals surface area (Å²) in [6, 6.07) is 16.0. The summed E-state index contributed by atoms with van der Waals surface area (Å²) in [6.45, 7) is 9.00. The first-order valence-electron chi connectivity index (χ1n) is 22.9. The fraction of sp³-hybridized carbons (Fsp3) is 0.440. The van der Waals surface area contributed by atoms with Crippen LogP contribution in [0.25, 0.3) is 0 Å². The number of ketones is 2. The number of benzene rings is 4. The fourth-order valence-corrected chi connectivity index (χ4v) is 14.7. The molecule has 364 valence electrons. The summed E-state index contributed by atoms with van der Waals surface area (Å²) >= 11 is 7.44. The zero-order valence-electron chi connectivity index (χ0n) is 39.3. The van der Waals surface area contributed by atoms with Crippen molar-refractivity contribution in [1.29, 1.82) is 0 Å². The van der Waals surface area contributed by atoms with Crippen LogP contribution in [-0.4, -0.2) is 118 Å². The molecule has 2 fully saturated rings. The number of methoxy groups -OCH3 is 2. The maximum atomic E-state index is 14.2. The Bertz CT molecular complexity index is 2310. The third-order valence-electron chi connectivity index (χ3n) is 12.1. The molecule has 4 aromatic rings. The minimum Gasteiger partial charge on any atom is -0.493 e. The van der Waals surface area contributed by atoms with Gasteiger partial charge in [-0.15, -0.1) is 47.0 Å². The molecule has 0 bridgehead atoms. The highest BCUT2D eigenvalue weighted by atomic mass is 32.2. The zero-order chi connectivity index (χ0) is 48.5. The smallest absolute Gasteiger partial charge is 0.256 e. The molecule has 2 saturated heterocycles. The van der Waals surface area contributed by atoms with Crippen molar-refractivity contribution >= 4 is 81.8 Å². The number of carbonyl (C=O) groups is 4. The summed E-state index contributed by atoms with van der Waals surface area (Å²) in [5.74, 6) is 3.77. The van der Waals surface area contributed by atoms with Gasteiger partial charge in [0.15, 0.2) is 34.6 Å². The Kier molecular flexibility index (Phi) is 17.6. The van der Waals surface area contributed by atoms with Gasteiger partial charge in [0, 0.05) is 47.7 Å². The average molecular weight is 1010 g/mol. The molecular weight excluding hydrogens is 945 g/mol. The molecule has 1 aliphatic carbocycles. The molecule has 2 aliphatic heterocycles.